The summed E-state index contributed by atoms with van der Waals surface area (Å²) in [5.74, 6) is 0.280. The molecule has 0 fully saturated rings. The summed E-state index contributed by atoms with van der Waals surface area (Å²) in [4.78, 5) is 0. The zero-order valence-corrected chi connectivity index (χ0v) is 6.91. The number of hydrogen-bond acceptors (Lipinski definition) is 1. The largest absolute Gasteiger partial charge is 0.385 e. The Morgan fingerprint density at radius 2 is 1.91 bits per heavy atom. The summed E-state index contributed by atoms with van der Waals surface area (Å²) >= 11 is 5.44. The lowest BCUT2D eigenvalue weighted by molar-refractivity contribution is -0.703. The van der Waals surface area contributed by atoms with Gasteiger partial charge in [0.2, 0.25) is 0 Å². The van der Waals surface area contributed by atoms with Crippen molar-refractivity contribution in [1.82, 2.24) is 0 Å². The first-order valence-electron chi connectivity index (χ1n) is 3.51. The van der Waals surface area contributed by atoms with E-state index in [2.05, 4.69) is 0 Å². The van der Waals surface area contributed by atoms with Crippen LogP contribution < -0.4 is 4.57 Å². The van der Waals surface area contributed by atoms with E-state index in [1.807, 2.05) is 35.2 Å². The molecule has 0 bridgehead atoms. The van der Waals surface area contributed by atoms with E-state index in [4.69, 9.17) is 16.7 Å². The quantitative estimate of drug-likeness (QED) is 0.523. The first-order chi connectivity index (χ1) is 5.33. The molecule has 1 heterocycles. The lowest BCUT2D eigenvalue weighted by atomic mass is 10.4. The number of aliphatic hydroxyl groups is 1. The molecule has 1 atom stereocenters. The molecular formula is C8H11ClNO+. The van der Waals surface area contributed by atoms with Crippen LogP contribution >= 0.6 is 11.6 Å². The molecule has 1 aromatic rings. The average molecular weight is 173 g/mol. The predicted molar refractivity (Wildman–Crippen MR) is 43.4 cm³/mol. The molecule has 0 amide bonds. The summed E-state index contributed by atoms with van der Waals surface area (Å²) < 4.78 is 1.90. The molecule has 1 rings (SSSR count). The molecule has 0 saturated heterocycles. The summed E-state index contributed by atoms with van der Waals surface area (Å²) in [7, 11) is 0. The number of alkyl halides is 1. The molecule has 11 heavy (non-hydrogen) atoms. The maximum atomic E-state index is 9.16. The molecule has 3 heteroatoms. The number of rotatable bonds is 3. The van der Waals surface area contributed by atoms with Crippen molar-refractivity contribution < 1.29 is 9.67 Å². The van der Waals surface area contributed by atoms with Crippen LogP contribution in [-0.2, 0) is 6.54 Å². The van der Waals surface area contributed by atoms with Crippen LogP contribution in [0.4, 0.5) is 0 Å². The summed E-state index contributed by atoms with van der Waals surface area (Å²) in [6.07, 6.45) is 3.34. The van der Waals surface area contributed by atoms with Gasteiger partial charge in [0.05, 0.1) is 5.88 Å². The highest BCUT2D eigenvalue weighted by molar-refractivity contribution is 6.18. The van der Waals surface area contributed by atoms with Gasteiger partial charge in [-0.3, -0.25) is 0 Å². The molecule has 1 N–H and O–H groups in total. The number of aromatic nitrogens is 1. The summed E-state index contributed by atoms with van der Waals surface area (Å²) in [5.41, 5.74) is 0. The van der Waals surface area contributed by atoms with E-state index in [0.29, 0.717) is 6.54 Å². The van der Waals surface area contributed by atoms with Crippen molar-refractivity contribution in [3.63, 3.8) is 0 Å². The van der Waals surface area contributed by atoms with Gasteiger partial charge in [-0.15, -0.1) is 11.6 Å². The van der Waals surface area contributed by atoms with Crippen LogP contribution in [0.15, 0.2) is 30.6 Å². The Bertz CT molecular complexity index is 203. The molecular weight excluding hydrogens is 162 g/mol. The highest BCUT2D eigenvalue weighted by atomic mass is 35.5. The second-order valence-corrected chi connectivity index (χ2v) is 2.69. The highest BCUT2D eigenvalue weighted by Gasteiger charge is 2.07. The Balaban J connectivity index is 2.51. The van der Waals surface area contributed by atoms with Crippen LogP contribution in [0.5, 0.6) is 0 Å². The zero-order chi connectivity index (χ0) is 8.10. The van der Waals surface area contributed by atoms with Gasteiger partial charge in [0.15, 0.2) is 18.9 Å². The molecule has 60 valence electrons. The van der Waals surface area contributed by atoms with Gasteiger partial charge in [-0.05, 0) is 0 Å². The minimum Gasteiger partial charge on any atom is -0.385 e. The van der Waals surface area contributed by atoms with Crippen LogP contribution in [0.2, 0.25) is 0 Å². The van der Waals surface area contributed by atoms with Gasteiger partial charge in [0, 0.05) is 12.1 Å². The van der Waals surface area contributed by atoms with E-state index in [9.17, 15) is 0 Å². The Morgan fingerprint density at radius 3 is 2.45 bits per heavy atom. The Kier molecular flexibility index (Phi) is 3.33. The molecule has 0 unspecified atom stereocenters. The second kappa shape index (κ2) is 4.31. The van der Waals surface area contributed by atoms with Crippen molar-refractivity contribution in [2.24, 2.45) is 0 Å². The second-order valence-electron chi connectivity index (χ2n) is 2.38. The fourth-order valence-electron chi connectivity index (χ4n) is 0.848. The van der Waals surface area contributed by atoms with Gasteiger partial charge >= 0.3 is 0 Å². The van der Waals surface area contributed by atoms with Crippen LogP contribution in [0, 0.1) is 0 Å². The lowest BCUT2D eigenvalue weighted by Crippen LogP contribution is -2.39. The standard InChI is InChI=1S/C8H11ClNO/c9-6-8(11)7-10-4-2-1-3-5-10/h1-5,8,11H,6-7H2/q+1/t8-/m1/s1. The van der Waals surface area contributed by atoms with E-state index in [-0.39, 0.29) is 5.88 Å². The lowest BCUT2D eigenvalue weighted by Gasteiger charge is -2.00. The third kappa shape index (κ3) is 2.87. The molecule has 0 spiro atoms. The normalized spacial score (nSPS) is 12.9. The van der Waals surface area contributed by atoms with Crippen molar-refractivity contribution in [2.45, 2.75) is 12.6 Å². The Morgan fingerprint density at radius 1 is 1.27 bits per heavy atom. The molecule has 0 aliphatic carbocycles. The molecule has 1 aromatic heterocycles. The molecule has 2 nitrogen and oxygen atoms in total. The van der Waals surface area contributed by atoms with E-state index in [0.717, 1.165) is 0 Å². The Hall–Kier alpha value is -0.600. The van der Waals surface area contributed by atoms with Crippen molar-refractivity contribution >= 4 is 11.6 Å². The monoisotopic (exact) mass is 172 g/mol. The first-order valence-corrected chi connectivity index (χ1v) is 4.04. The fraction of sp³-hybridized carbons (Fsp3) is 0.375. The number of nitrogens with zero attached hydrogens (tertiary/aromatic N) is 1. The van der Waals surface area contributed by atoms with Gasteiger partial charge in [0.25, 0.3) is 0 Å². The summed E-state index contributed by atoms with van der Waals surface area (Å²) in [5, 5.41) is 9.16. The summed E-state index contributed by atoms with van der Waals surface area (Å²) in [6.45, 7) is 0.560. The smallest absolute Gasteiger partial charge is 0.175 e. The van der Waals surface area contributed by atoms with Gasteiger partial charge in [0.1, 0.15) is 6.10 Å². The minimum atomic E-state index is -0.455. The number of halogens is 1. The molecule has 0 aromatic carbocycles. The number of hydrogen-bond donors (Lipinski definition) is 1. The average Bonchev–Trinajstić information content (AvgIpc) is 2.06. The van der Waals surface area contributed by atoms with E-state index < -0.39 is 6.10 Å². The third-order valence-electron chi connectivity index (χ3n) is 1.38. The number of aliphatic hydroxyl groups excluding tert-OH is 1. The predicted octanol–water partition coefficient (Wildman–Crippen LogP) is 0.574. The number of pyridine rings is 1. The van der Waals surface area contributed by atoms with Gasteiger partial charge in [-0.25, -0.2) is 4.57 Å². The maximum absolute atomic E-state index is 9.16. The summed E-state index contributed by atoms with van der Waals surface area (Å²) in [6, 6.07) is 5.77. The zero-order valence-electron chi connectivity index (χ0n) is 6.15. The van der Waals surface area contributed by atoms with Crippen molar-refractivity contribution in [1.29, 1.82) is 0 Å². The van der Waals surface area contributed by atoms with E-state index >= 15 is 0 Å². The molecule has 0 radical (unpaired) electrons. The van der Waals surface area contributed by atoms with Crippen molar-refractivity contribution in [3.8, 4) is 0 Å². The van der Waals surface area contributed by atoms with Crippen LogP contribution in [0.25, 0.3) is 0 Å². The van der Waals surface area contributed by atoms with Crippen LogP contribution in [0.1, 0.15) is 0 Å². The molecule has 0 aliphatic rings. The molecule has 0 aliphatic heterocycles. The van der Waals surface area contributed by atoms with Crippen LogP contribution in [0.3, 0.4) is 0 Å². The van der Waals surface area contributed by atoms with Crippen molar-refractivity contribution in [2.75, 3.05) is 5.88 Å². The van der Waals surface area contributed by atoms with Gasteiger partial charge < -0.3 is 5.11 Å². The highest BCUT2D eigenvalue weighted by Crippen LogP contribution is 1.87. The first kappa shape index (κ1) is 8.50. The van der Waals surface area contributed by atoms with E-state index in [1.165, 1.54) is 0 Å². The third-order valence-corrected chi connectivity index (χ3v) is 1.73. The van der Waals surface area contributed by atoms with E-state index in [1.54, 1.807) is 0 Å². The van der Waals surface area contributed by atoms with Gasteiger partial charge in [-0.2, -0.15) is 0 Å². The van der Waals surface area contributed by atoms with Crippen molar-refractivity contribution in [3.05, 3.63) is 30.6 Å². The Labute approximate surface area is 71.1 Å². The maximum Gasteiger partial charge on any atom is 0.175 e. The van der Waals surface area contributed by atoms with Gasteiger partial charge in [-0.1, -0.05) is 6.07 Å². The topological polar surface area (TPSA) is 24.1 Å². The minimum absolute atomic E-state index is 0.280. The SMILES string of the molecule is O[C@H](CCl)C[n+]1ccccc1. The fourth-order valence-corrected chi connectivity index (χ4v) is 0.946. The van der Waals surface area contributed by atoms with Crippen LogP contribution in [-0.4, -0.2) is 17.1 Å². The molecule has 0 saturated carbocycles.